The maximum atomic E-state index is 12.9. The Labute approximate surface area is 181 Å². The number of amides is 2. The average molecular weight is 412 g/mol. The van der Waals surface area contributed by atoms with Gasteiger partial charge in [0.25, 0.3) is 11.8 Å². The molecule has 0 saturated carbocycles. The lowest BCUT2D eigenvalue weighted by molar-refractivity contribution is 0.0991. The fourth-order valence-corrected chi connectivity index (χ4v) is 5.76. The van der Waals surface area contributed by atoms with Gasteiger partial charge in [0.15, 0.2) is 0 Å². The van der Waals surface area contributed by atoms with Gasteiger partial charge >= 0.3 is 0 Å². The van der Waals surface area contributed by atoms with Gasteiger partial charge in [0.05, 0.1) is 22.5 Å². The third-order valence-electron chi connectivity index (χ3n) is 7.07. The van der Waals surface area contributed by atoms with Crippen LogP contribution >= 0.6 is 0 Å². The molecule has 0 atom stereocenters. The highest BCUT2D eigenvalue weighted by Crippen LogP contribution is 2.51. The van der Waals surface area contributed by atoms with Crippen LogP contribution in [0.3, 0.4) is 0 Å². The molecule has 0 unspecified atom stereocenters. The van der Waals surface area contributed by atoms with Gasteiger partial charge in [-0.1, -0.05) is 12.1 Å². The van der Waals surface area contributed by atoms with Gasteiger partial charge in [-0.3, -0.25) is 9.59 Å². The first-order valence-electron chi connectivity index (χ1n) is 10.1. The Bertz CT molecular complexity index is 1730. The third kappa shape index (κ3) is 1.58. The molecular formula is C26H12N4O2. The van der Waals surface area contributed by atoms with Crippen LogP contribution in [0.25, 0.3) is 43.1 Å². The largest absolute Gasteiger partial charge is 0.309 e. The van der Waals surface area contributed by atoms with Crippen molar-refractivity contribution >= 4 is 66.3 Å². The monoisotopic (exact) mass is 412 g/mol. The number of carbonyl (C=O) groups excluding carboxylic acids is 2. The van der Waals surface area contributed by atoms with E-state index in [-0.39, 0.29) is 11.8 Å². The van der Waals surface area contributed by atoms with Gasteiger partial charge in [-0.25, -0.2) is 0 Å². The minimum absolute atomic E-state index is 0.135. The number of carbonyl (C=O) groups is 2. The number of rotatable bonds is 0. The highest BCUT2D eigenvalue weighted by Gasteiger charge is 2.35. The van der Waals surface area contributed by atoms with E-state index < -0.39 is 0 Å². The molecule has 7 rings (SSSR count). The summed E-state index contributed by atoms with van der Waals surface area (Å²) in [5.41, 5.74) is 3.29. The standard InChI is InChI=1S/C26H12N4O2/c1-29-23-11(9-27)7-17-14-4-6-16-22-20(14)18(8-12(10-28)24(22)30(2)26(16)32)13-3-5-15(25(29)31)21(23)19(13)17/h3-8H,1-2H3. The molecular weight excluding hydrogens is 400 g/mol. The number of benzene rings is 5. The molecule has 2 aliphatic rings. The summed E-state index contributed by atoms with van der Waals surface area (Å²) in [7, 11) is 3.38. The molecule has 0 radical (unpaired) electrons. The molecule has 0 bridgehead atoms. The van der Waals surface area contributed by atoms with Crippen LogP contribution in [-0.2, 0) is 0 Å². The van der Waals surface area contributed by atoms with Crippen molar-refractivity contribution in [1.82, 2.24) is 0 Å². The van der Waals surface area contributed by atoms with Crippen molar-refractivity contribution in [2.45, 2.75) is 0 Å². The summed E-state index contributed by atoms with van der Waals surface area (Å²) in [6, 6.07) is 15.7. The van der Waals surface area contributed by atoms with Crippen LogP contribution in [0.2, 0.25) is 0 Å². The lowest BCUT2D eigenvalue weighted by Gasteiger charge is -2.18. The van der Waals surface area contributed by atoms with Gasteiger partial charge in [0.1, 0.15) is 12.1 Å². The lowest BCUT2D eigenvalue weighted by atomic mass is 9.85. The molecule has 32 heavy (non-hydrogen) atoms. The normalized spacial score (nSPS) is 14.5. The van der Waals surface area contributed by atoms with Gasteiger partial charge in [-0.2, -0.15) is 10.5 Å². The third-order valence-corrected chi connectivity index (χ3v) is 7.07. The van der Waals surface area contributed by atoms with E-state index >= 15 is 0 Å². The smallest absolute Gasteiger partial charge is 0.258 e. The number of anilines is 2. The van der Waals surface area contributed by atoms with E-state index in [0.29, 0.717) is 33.6 Å². The van der Waals surface area contributed by atoms with Crippen LogP contribution in [0.15, 0.2) is 36.4 Å². The van der Waals surface area contributed by atoms with E-state index in [0.717, 1.165) is 43.1 Å². The van der Waals surface area contributed by atoms with E-state index in [4.69, 9.17) is 0 Å². The topological polar surface area (TPSA) is 88.2 Å². The first kappa shape index (κ1) is 17.0. The van der Waals surface area contributed by atoms with E-state index in [1.807, 2.05) is 24.3 Å². The molecule has 0 saturated heterocycles. The van der Waals surface area contributed by atoms with Crippen LogP contribution in [0.4, 0.5) is 11.4 Å². The zero-order valence-corrected chi connectivity index (χ0v) is 17.1. The quantitative estimate of drug-likeness (QED) is 0.273. The Balaban J connectivity index is 1.87. The first-order chi connectivity index (χ1) is 15.5. The van der Waals surface area contributed by atoms with Crippen LogP contribution < -0.4 is 9.80 Å². The van der Waals surface area contributed by atoms with Gasteiger partial charge in [0, 0.05) is 46.8 Å². The van der Waals surface area contributed by atoms with Crippen molar-refractivity contribution in [3.8, 4) is 12.1 Å². The van der Waals surface area contributed by atoms with Crippen LogP contribution in [-0.4, -0.2) is 25.9 Å². The Hall–Kier alpha value is -4.68. The minimum atomic E-state index is -0.135. The zero-order chi connectivity index (χ0) is 22.0. The van der Waals surface area contributed by atoms with Gasteiger partial charge in [0.2, 0.25) is 0 Å². The van der Waals surface area contributed by atoms with E-state index in [1.165, 1.54) is 9.80 Å². The maximum Gasteiger partial charge on any atom is 0.258 e. The summed E-state index contributed by atoms with van der Waals surface area (Å²) < 4.78 is 0. The van der Waals surface area contributed by atoms with Crippen LogP contribution in [0.1, 0.15) is 31.8 Å². The Morgan fingerprint density at radius 1 is 0.625 bits per heavy atom. The Kier molecular flexibility index (Phi) is 2.74. The number of hydrogen-bond acceptors (Lipinski definition) is 4. The molecule has 2 heterocycles. The molecule has 2 amide bonds. The molecule has 6 heteroatoms. The molecule has 148 valence electrons. The SMILES string of the molecule is CN1C(=O)c2ccc3c4cc(C#N)c5c6c(ccc(c7cc(C#N)c1c2c37)c64)C(=O)N5C. The second-order valence-electron chi connectivity index (χ2n) is 8.41. The number of fused-ring (bicyclic) bond motifs is 2. The van der Waals surface area contributed by atoms with Crippen LogP contribution in [0.5, 0.6) is 0 Å². The molecule has 0 aliphatic carbocycles. The first-order valence-corrected chi connectivity index (χ1v) is 10.1. The van der Waals surface area contributed by atoms with Crippen molar-refractivity contribution in [2.24, 2.45) is 0 Å². The second kappa shape index (κ2) is 5.14. The summed E-state index contributed by atoms with van der Waals surface area (Å²) in [5, 5.41) is 26.7. The average Bonchev–Trinajstić information content (AvgIpc) is 3.23. The summed E-state index contributed by atoms with van der Waals surface area (Å²) in [6.07, 6.45) is 0. The molecule has 0 N–H and O–H groups in total. The Morgan fingerprint density at radius 2 is 1.03 bits per heavy atom. The summed E-state index contributed by atoms with van der Waals surface area (Å²) >= 11 is 0. The highest BCUT2D eigenvalue weighted by atomic mass is 16.2. The minimum Gasteiger partial charge on any atom is -0.309 e. The van der Waals surface area contributed by atoms with Crippen LogP contribution in [0, 0.1) is 22.7 Å². The fourth-order valence-electron chi connectivity index (χ4n) is 5.76. The molecule has 5 aromatic rings. The fraction of sp³-hybridized carbons (Fsp3) is 0.0769. The van der Waals surface area contributed by atoms with Crippen molar-refractivity contribution in [1.29, 1.82) is 10.5 Å². The Morgan fingerprint density at radius 3 is 1.41 bits per heavy atom. The summed E-state index contributed by atoms with van der Waals surface area (Å²) in [4.78, 5) is 28.9. The maximum absolute atomic E-state index is 12.9. The van der Waals surface area contributed by atoms with Crippen molar-refractivity contribution in [2.75, 3.05) is 23.9 Å². The summed E-state index contributed by atoms with van der Waals surface area (Å²) in [6.45, 7) is 0. The molecule has 0 spiro atoms. The highest BCUT2D eigenvalue weighted by molar-refractivity contribution is 6.42. The van der Waals surface area contributed by atoms with E-state index in [9.17, 15) is 20.1 Å². The predicted octanol–water partition coefficient (Wildman–Crippen LogP) is 4.66. The van der Waals surface area contributed by atoms with Crippen molar-refractivity contribution in [3.05, 3.63) is 58.7 Å². The number of nitrogens with zero attached hydrogens (tertiary/aromatic N) is 4. The van der Waals surface area contributed by atoms with Gasteiger partial charge < -0.3 is 9.80 Å². The molecule has 0 aromatic heterocycles. The molecule has 5 aromatic carbocycles. The van der Waals surface area contributed by atoms with E-state index in [1.54, 1.807) is 26.2 Å². The number of hydrogen-bond donors (Lipinski definition) is 0. The zero-order valence-electron chi connectivity index (χ0n) is 17.1. The van der Waals surface area contributed by atoms with Crippen molar-refractivity contribution < 1.29 is 9.59 Å². The van der Waals surface area contributed by atoms with E-state index in [2.05, 4.69) is 12.1 Å². The molecule has 2 aliphatic heterocycles. The van der Waals surface area contributed by atoms with Crippen molar-refractivity contribution in [3.63, 3.8) is 0 Å². The van der Waals surface area contributed by atoms with Gasteiger partial charge in [-0.15, -0.1) is 0 Å². The predicted molar refractivity (Wildman–Crippen MR) is 123 cm³/mol. The van der Waals surface area contributed by atoms with Gasteiger partial charge in [-0.05, 0) is 45.8 Å². The number of nitriles is 2. The second-order valence-corrected chi connectivity index (χ2v) is 8.41. The molecule has 6 nitrogen and oxygen atoms in total. The molecule has 0 fully saturated rings. The summed E-state index contributed by atoms with van der Waals surface area (Å²) in [5.74, 6) is -0.269. The lowest BCUT2D eigenvalue weighted by Crippen LogP contribution is -2.21.